The molecule has 1 amide bonds. The van der Waals surface area contributed by atoms with Crippen LogP contribution in [0.4, 0.5) is 17.2 Å². The molecule has 0 aliphatic rings. The zero-order valence-electron chi connectivity index (χ0n) is 19.9. The molecule has 3 rings (SSSR count). The summed E-state index contributed by atoms with van der Waals surface area (Å²) in [6.45, 7) is 2.91. The van der Waals surface area contributed by atoms with Gasteiger partial charge in [0.15, 0.2) is 0 Å². The lowest BCUT2D eigenvalue weighted by Crippen LogP contribution is -2.27. The molecule has 1 heterocycles. The molecule has 1 aromatic heterocycles. The molecule has 3 aromatic rings. The number of hydrogen-bond donors (Lipinski definition) is 2. The minimum Gasteiger partial charge on any atom is -0.494 e. The summed E-state index contributed by atoms with van der Waals surface area (Å²) in [4.78, 5) is 34.7. The number of carbonyl (C=O) groups excluding carboxylic acids is 2. The van der Waals surface area contributed by atoms with Gasteiger partial charge in [0.25, 0.3) is 0 Å². The van der Waals surface area contributed by atoms with Crippen molar-refractivity contribution in [1.29, 1.82) is 0 Å². The van der Waals surface area contributed by atoms with Gasteiger partial charge in [0.05, 0.1) is 31.5 Å². The first-order chi connectivity index (χ1) is 16.9. The Morgan fingerprint density at radius 3 is 2.77 bits per heavy atom. The van der Waals surface area contributed by atoms with E-state index in [0.717, 1.165) is 22.0 Å². The monoisotopic (exact) mass is 541 g/mol. The van der Waals surface area contributed by atoms with Crippen LogP contribution in [-0.4, -0.2) is 60.6 Å². The molecule has 0 radical (unpaired) electrons. The van der Waals surface area contributed by atoms with Crippen molar-refractivity contribution in [3.05, 3.63) is 59.4 Å². The fourth-order valence-corrected chi connectivity index (χ4v) is 3.61. The molecule has 0 spiro atoms. The highest BCUT2D eigenvalue weighted by atomic mass is 79.9. The third kappa shape index (κ3) is 7.76. The normalized spacial score (nSPS) is 11.1. The van der Waals surface area contributed by atoms with Crippen LogP contribution >= 0.6 is 15.9 Å². The Morgan fingerprint density at radius 1 is 1.20 bits per heavy atom. The predicted molar refractivity (Wildman–Crippen MR) is 140 cm³/mol. The van der Waals surface area contributed by atoms with E-state index in [1.807, 2.05) is 31.2 Å². The number of esters is 1. The number of aromatic nitrogens is 2. The largest absolute Gasteiger partial charge is 0.494 e. The second-order valence-electron chi connectivity index (χ2n) is 7.74. The Hall–Kier alpha value is -3.50. The van der Waals surface area contributed by atoms with Gasteiger partial charge in [-0.05, 0) is 37.7 Å². The zero-order chi connectivity index (χ0) is 25.2. The summed E-state index contributed by atoms with van der Waals surface area (Å²) in [5.74, 6) is 0.450. The third-order valence-electron chi connectivity index (χ3n) is 4.85. The van der Waals surface area contributed by atoms with Gasteiger partial charge in [0, 0.05) is 34.2 Å². The summed E-state index contributed by atoms with van der Waals surface area (Å²) in [5, 5.41) is 6.85. The van der Waals surface area contributed by atoms with Crippen molar-refractivity contribution < 1.29 is 19.1 Å². The molecule has 0 aliphatic heterocycles. The number of methoxy groups -OCH3 is 1. The Balaban J connectivity index is 1.72. The number of nitrogens with one attached hydrogen (secondary N) is 2. The number of halogens is 1. The number of fused-ring (bicyclic) bond motifs is 1. The van der Waals surface area contributed by atoms with Gasteiger partial charge in [-0.2, -0.15) is 0 Å². The minimum atomic E-state index is -0.331. The second-order valence-corrected chi connectivity index (χ2v) is 8.65. The molecule has 9 nitrogen and oxygen atoms in total. The standard InChI is InChI=1S/C25H28BrN5O4/c1-4-11-35-24(33)15-31(2)10-6-9-23(32)30-21-13-19-20(14-22(21)34-3)27-16-28-25(19)29-18-8-5-7-17(26)12-18/h5-9,12-14,16H,4,10-11,15H2,1-3H3,(H,30,32)(H,27,28,29). The van der Waals surface area contributed by atoms with E-state index in [9.17, 15) is 9.59 Å². The highest BCUT2D eigenvalue weighted by Gasteiger charge is 2.13. The van der Waals surface area contributed by atoms with E-state index in [4.69, 9.17) is 9.47 Å². The topological polar surface area (TPSA) is 106 Å². The Labute approximate surface area is 212 Å². The van der Waals surface area contributed by atoms with E-state index in [-0.39, 0.29) is 18.4 Å². The second kappa shape index (κ2) is 12.8. The first-order valence-corrected chi connectivity index (χ1v) is 11.9. The maximum atomic E-state index is 12.6. The van der Waals surface area contributed by atoms with Gasteiger partial charge in [-0.15, -0.1) is 0 Å². The van der Waals surface area contributed by atoms with Crippen molar-refractivity contribution >= 4 is 55.9 Å². The summed E-state index contributed by atoms with van der Waals surface area (Å²) in [5.41, 5.74) is 2.00. The van der Waals surface area contributed by atoms with Gasteiger partial charge in [0.2, 0.25) is 5.91 Å². The van der Waals surface area contributed by atoms with Crippen LogP contribution in [0.5, 0.6) is 5.75 Å². The molecule has 10 heteroatoms. The lowest BCUT2D eigenvalue weighted by atomic mass is 10.2. The fraction of sp³-hybridized carbons (Fsp3) is 0.280. The van der Waals surface area contributed by atoms with Crippen LogP contribution in [0, 0.1) is 0 Å². The highest BCUT2D eigenvalue weighted by molar-refractivity contribution is 9.10. The number of rotatable bonds is 11. The number of likely N-dealkylation sites (N-methyl/N-ethyl adjacent to an activating group) is 1. The van der Waals surface area contributed by atoms with Gasteiger partial charge in [-0.1, -0.05) is 35.0 Å². The summed E-state index contributed by atoms with van der Waals surface area (Å²) >= 11 is 3.46. The van der Waals surface area contributed by atoms with Crippen molar-refractivity contribution in [2.75, 3.05) is 44.5 Å². The molecular formula is C25H28BrN5O4. The van der Waals surface area contributed by atoms with Crippen molar-refractivity contribution in [2.45, 2.75) is 13.3 Å². The predicted octanol–water partition coefficient (Wildman–Crippen LogP) is 4.52. The summed E-state index contributed by atoms with van der Waals surface area (Å²) in [7, 11) is 3.31. The molecule has 0 unspecified atom stereocenters. The average Bonchev–Trinajstić information content (AvgIpc) is 2.82. The fourth-order valence-electron chi connectivity index (χ4n) is 3.21. The molecule has 2 aromatic carbocycles. The molecule has 184 valence electrons. The van der Waals surface area contributed by atoms with Crippen LogP contribution in [0.25, 0.3) is 10.9 Å². The molecule has 0 saturated carbocycles. The molecule has 0 aliphatic carbocycles. The first-order valence-electron chi connectivity index (χ1n) is 11.1. The number of anilines is 3. The number of amides is 1. The molecule has 0 saturated heterocycles. The van der Waals surface area contributed by atoms with E-state index in [2.05, 4.69) is 36.5 Å². The number of ether oxygens (including phenoxy) is 2. The molecular weight excluding hydrogens is 514 g/mol. The van der Waals surface area contributed by atoms with E-state index < -0.39 is 0 Å². The molecule has 35 heavy (non-hydrogen) atoms. The average molecular weight is 542 g/mol. The Morgan fingerprint density at radius 2 is 2.03 bits per heavy atom. The van der Waals surface area contributed by atoms with Crippen molar-refractivity contribution in [2.24, 2.45) is 0 Å². The summed E-state index contributed by atoms with van der Waals surface area (Å²) in [6.07, 6.45) is 5.35. The number of hydrogen-bond acceptors (Lipinski definition) is 8. The highest BCUT2D eigenvalue weighted by Crippen LogP contribution is 2.33. The van der Waals surface area contributed by atoms with E-state index >= 15 is 0 Å². The van der Waals surface area contributed by atoms with E-state index in [1.54, 1.807) is 30.2 Å². The third-order valence-corrected chi connectivity index (χ3v) is 5.35. The van der Waals surface area contributed by atoms with Crippen LogP contribution in [0.15, 0.2) is 59.4 Å². The lowest BCUT2D eigenvalue weighted by Gasteiger charge is -2.14. The van der Waals surface area contributed by atoms with Crippen LogP contribution in [0.2, 0.25) is 0 Å². The SMILES string of the molecule is CCCOC(=O)CN(C)CC=CC(=O)Nc1cc2c(Nc3cccc(Br)c3)ncnc2cc1OC. The molecule has 0 fully saturated rings. The number of carbonyl (C=O) groups is 2. The maximum Gasteiger partial charge on any atom is 0.320 e. The van der Waals surface area contributed by atoms with Crippen LogP contribution in [-0.2, 0) is 14.3 Å². The van der Waals surface area contributed by atoms with Gasteiger partial charge in [-0.3, -0.25) is 14.5 Å². The maximum absolute atomic E-state index is 12.6. The molecule has 0 bridgehead atoms. The van der Waals surface area contributed by atoms with Crippen molar-refractivity contribution in [3.8, 4) is 5.75 Å². The van der Waals surface area contributed by atoms with Gasteiger partial charge in [0.1, 0.15) is 17.9 Å². The van der Waals surface area contributed by atoms with E-state index in [0.29, 0.717) is 35.9 Å². The van der Waals surface area contributed by atoms with Crippen LogP contribution < -0.4 is 15.4 Å². The molecule has 2 N–H and O–H groups in total. The Kier molecular flexibility index (Phi) is 9.56. The molecule has 0 atom stereocenters. The van der Waals surface area contributed by atoms with Crippen molar-refractivity contribution in [1.82, 2.24) is 14.9 Å². The summed E-state index contributed by atoms with van der Waals surface area (Å²) in [6, 6.07) is 11.2. The number of nitrogens with zero attached hydrogens (tertiary/aromatic N) is 3. The van der Waals surface area contributed by atoms with Crippen LogP contribution in [0.1, 0.15) is 13.3 Å². The van der Waals surface area contributed by atoms with Gasteiger partial charge < -0.3 is 20.1 Å². The van der Waals surface area contributed by atoms with Gasteiger partial charge >= 0.3 is 5.97 Å². The van der Waals surface area contributed by atoms with Crippen LogP contribution in [0.3, 0.4) is 0 Å². The zero-order valence-corrected chi connectivity index (χ0v) is 21.5. The summed E-state index contributed by atoms with van der Waals surface area (Å²) < 4.78 is 11.5. The first kappa shape index (κ1) is 26.1. The lowest BCUT2D eigenvalue weighted by molar-refractivity contribution is -0.144. The quantitative estimate of drug-likeness (QED) is 0.269. The minimum absolute atomic E-state index is 0.151. The van der Waals surface area contributed by atoms with Gasteiger partial charge in [-0.25, -0.2) is 9.97 Å². The smallest absolute Gasteiger partial charge is 0.320 e. The Bertz CT molecular complexity index is 1220. The number of benzene rings is 2. The van der Waals surface area contributed by atoms with E-state index in [1.165, 1.54) is 19.5 Å². The van der Waals surface area contributed by atoms with Crippen molar-refractivity contribution in [3.63, 3.8) is 0 Å².